The van der Waals surface area contributed by atoms with E-state index in [0.717, 1.165) is 48.7 Å². The van der Waals surface area contributed by atoms with Crippen molar-refractivity contribution in [2.45, 2.75) is 52.7 Å². The van der Waals surface area contributed by atoms with Gasteiger partial charge in [-0.05, 0) is 33.3 Å². The van der Waals surface area contributed by atoms with Gasteiger partial charge in [0.2, 0.25) is 0 Å². The molecule has 0 unspecified atom stereocenters. The van der Waals surface area contributed by atoms with Crippen LogP contribution in [0.4, 0.5) is 0 Å². The average molecular weight is 286 g/mol. The van der Waals surface area contributed by atoms with Crippen LogP contribution in [0.1, 0.15) is 40.9 Å². The Morgan fingerprint density at radius 1 is 1.48 bits per heavy atom. The minimum absolute atomic E-state index is 0.0383. The lowest BCUT2D eigenvalue weighted by molar-refractivity contribution is 0.0927. The number of carbonyl (C=O) groups is 1. The van der Waals surface area contributed by atoms with Crippen LogP contribution in [-0.2, 0) is 19.5 Å². The average Bonchev–Trinajstić information content (AvgIpc) is 3.02. The van der Waals surface area contributed by atoms with E-state index in [1.54, 1.807) is 0 Å². The fourth-order valence-corrected chi connectivity index (χ4v) is 3.27. The number of imidazole rings is 1. The SMILES string of the molecule is CCn1c(C)cc(C(=O)N[C@@H]2CCc3nccn3C2)c1C. The Morgan fingerprint density at radius 3 is 3.00 bits per heavy atom. The second-order valence-electron chi connectivity index (χ2n) is 5.73. The number of carbonyl (C=O) groups excluding carboxylic acids is 1. The predicted octanol–water partition coefficient (Wildman–Crippen LogP) is 2.07. The summed E-state index contributed by atoms with van der Waals surface area (Å²) in [7, 11) is 0. The van der Waals surface area contributed by atoms with E-state index in [-0.39, 0.29) is 11.9 Å². The monoisotopic (exact) mass is 286 g/mol. The summed E-state index contributed by atoms with van der Waals surface area (Å²) in [4.78, 5) is 16.8. The molecule has 2 aromatic rings. The van der Waals surface area contributed by atoms with Gasteiger partial charge < -0.3 is 14.5 Å². The standard InChI is InChI=1S/C16H22N4O/c1-4-20-11(2)9-14(12(20)3)16(21)18-13-5-6-15-17-7-8-19(15)10-13/h7-9,13H,4-6,10H2,1-3H3,(H,18,21)/t13-/m1/s1. The van der Waals surface area contributed by atoms with E-state index in [0.29, 0.717) is 0 Å². The molecular formula is C16H22N4O. The third-order valence-electron chi connectivity index (χ3n) is 4.40. The van der Waals surface area contributed by atoms with Crippen LogP contribution in [0, 0.1) is 13.8 Å². The van der Waals surface area contributed by atoms with Crippen molar-refractivity contribution in [3.8, 4) is 0 Å². The van der Waals surface area contributed by atoms with Gasteiger partial charge in [0.1, 0.15) is 5.82 Å². The first-order valence-corrected chi connectivity index (χ1v) is 7.57. The molecule has 0 saturated carbocycles. The molecule has 1 atom stereocenters. The van der Waals surface area contributed by atoms with Gasteiger partial charge in [-0.3, -0.25) is 4.79 Å². The Hall–Kier alpha value is -2.04. The zero-order valence-electron chi connectivity index (χ0n) is 12.9. The summed E-state index contributed by atoms with van der Waals surface area (Å²) in [5, 5.41) is 3.17. The van der Waals surface area contributed by atoms with Gasteiger partial charge >= 0.3 is 0 Å². The molecule has 0 bridgehead atoms. The molecule has 1 aliphatic rings. The first-order chi connectivity index (χ1) is 10.1. The van der Waals surface area contributed by atoms with Crippen LogP contribution in [0.15, 0.2) is 18.5 Å². The Bertz CT molecular complexity index is 668. The van der Waals surface area contributed by atoms with Crippen molar-refractivity contribution in [3.63, 3.8) is 0 Å². The highest BCUT2D eigenvalue weighted by molar-refractivity contribution is 5.95. The first-order valence-electron chi connectivity index (χ1n) is 7.57. The number of aryl methyl sites for hydroxylation is 2. The number of amides is 1. The highest BCUT2D eigenvalue weighted by Gasteiger charge is 2.22. The Kier molecular flexibility index (Phi) is 3.57. The molecule has 0 radical (unpaired) electrons. The highest BCUT2D eigenvalue weighted by Crippen LogP contribution is 2.17. The third-order valence-corrected chi connectivity index (χ3v) is 4.40. The lowest BCUT2D eigenvalue weighted by Gasteiger charge is -2.24. The molecule has 112 valence electrons. The highest BCUT2D eigenvalue weighted by atomic mass is 16.1. The maximum Gasteiger partial charge on any atom is 0.253 e. The van der Waals surface area contributed by atoms with Gasteiger partial charge in [-0.15, -0.1) is 0 Å². The van der Waals surface area contributed by atoms with Crippen molar-refractivity contribution in [1.82, 2.24) is 19.4 Å². The number of nitrogens with zero attached hydrogens (tertiary/aromatic N) is 3. The summed E-state index contributed by atoms with van der Waals surface area (Å²) in [6.45, 7) is 7.87. The van der Waals surface area contributed by atoms with E-state index in [1.165, 1.54) is 0 Å². The summed E-state index contributed by atoms with van der Waals surface area (Å²) in [6.07, 6.45) is 5.69. The van der Waals surface area contributed by atoms with E-state index in [4.69, 9.17) is 0 Å². The molecule has 1 aliphatic heterocycles. The number of hydrogen-bond acceptors (Lipinski definition) is 2. The van der Waals surface area contributed by atoms with Crippen LogP contribution in [0.3, 0.4) is 0 Å². The smallest absolute Gasteiger partial charge is 0.253 e. The molecule has 5 heteroatoms. The van der Waals surface area contributed by atoms with Crippen molar-refractivity contribution in [3.05, 3.63) is 41.2 Å². The minimum atomic E-state index is 0.0383. The number of nitrogens with one attached hydrogen (secondary N) is 1. The fourth-order valence-electron chi connectivity index (χ4n) is 3.27. The molecule has 3 heterocycles. The number of rotatable bonds is 3. The van der Waals surface area contributed by atoms with Crippen LogP contribution in [0.25, 0.3) is 0 Å². The van der Waals surface area contributed by atoms with Crippen LogP contribution in [-0.4, -0.2) is 26.1 Å². The summed E-state index contributed by atoms with van der Waals surface area (Å²) in [6, 6.07) is 2.17. The van der Waals surface area contributed by atoms with Gasteiger partial charge in [0, 0.05) is 49.3 Å². The van der Waals surface area contributed by atoms with E-state index >= 15 is 0 Å². The summed E-state index contributed by atoms with van der Waals surface area (Å²) >= 11 is 0. The number of fused-ring (bicyclic) bond motifs is 1. The van der Waals surface area contributed by atoms with Crippen molar-refractivity contribution in [1.29, 1.82) is 0 Å². The zero-order valence-corrected chi connectivity index (χ0v) is 12.9. The largest absolute Gasteiger partial charge is 0.349 e. The summed E-state index contributed by atoms with van der Waals surface area (Å²) in [5.74, 6) is 1.15. The van der Waals surface area contributed by atoms with Crippen molar-refractivity contribution in [2.24, 2.45) is 0 Å². The Morgan fingerprint density at radius 2 is 2.29 bits per heavy atom. The summed E-state index contributed by atoms with van der Waals surface area (Å²) < 4.78 is 4.30. The van der Waals surface area contributed by atoms with Gasteiger partial charge in [0.15, 0.2) is 0 Å². The molecule has 1 N–H and O–H groups in total. The molecule has 0 aromatic carbocycles. The quantitative estimate of drug-likeness (QED) is 0.939. The molecule has 0 fully saturated rings. The Labute approximate surface area is 125 Å². The van der Waals surface area contributed by atoms with Gasteiger partial charge in [0.25, 0.3) is 5.91 Å². The van der Waals surface area contributed by atoms with E-state index in [2.05, 4.69) is 26.4 Å². The van der Waals surface area contributed by atoms with Crippen LogP contribution < -0.4 is 5.32 Å². The summed E-state index contributed by atoms with van der Waals surface area (Å²) in [5.41, 5.74) is 2.98. The molecule has 0 spiro atoms. The topological polar surface area (TPSA) is 51.9 Å². The van der Waals surface area contributed by atoms with Gasteiger partial charge in [-0.2, -0.15) is 0 Å². The maximum atomic E-state index is 12.5. The normalized spacial score (nSPS) is 17.6. The van der Waals surface area contributed by atoms with Gasteiger partial charge in [-0.1, -0.05) is 0 Å². The molecule has 21 heavy (non-hydrogen) atoms. The van der Waals surface area contributed by atoms with Gasteiger partial charge in [0.05, 0.1) is 5.56 Å². The fraction of sp³-hybridized carbons (Fsp3) is 0.500. The first kappa shape index (κ1) is 13.9. The molecule has 1 amide bonds. The lowest BCUT2D eigenvalue weighted by atomic mass is 10.1. The van der Waals surface area contributed by atoms with Crippen molar-refractivity contribution in [2.75, 3.05) is 0 Å². The van der Waals surface area contributed by atoms with E-state index < -0.39 is 0 Å². The second kappa shape index (κ2) is 5.39. The van der Waals surface area contributed by atoms with E-state index in [9.17, 15) is 4.79 Å². The molecule has 2 aromatic heterocycles. The number of aromatic nitrogens is 3. The van der Waals surface area contributed by atoms with E-state index in [1.807, 2.05) is 32.3 Å². The Balaban J connectivity index is 1.73. The molecule has 5 nitrogen and oxygen atoms in total. The number of hydrogen-bond donors (Lipinski definition) is 1. The van der Waals surface area contributed by atoms with Crippen LogP contribution in [0.2, 0.25) is 0 Å². The second-order valence-corrected chi connectivity index (χ2v) is 5.73. The molecule has 0 aliphatic carbocycles. The van der Waals surface area contributed by atoms with Crippen molar-refractivity contribution >= 4 is 5.91 Å². The molecule has 0 saturated heterocycles. The minimum Gasteiger partial charge on any atom is -0.349 e. The zero-order chi connectivity index (χ0) is 15.0. The predicted molar refractivity (Wildman–Crippen MR) is 81.4 cm³/mol. The van der Waals surface area contributed by atoms with Crippen molar-refractivity contribution < 1.29 is 4.79 Å². The molecule has 3 rings (SSSR count). The third kappa shape index (κ3) is 2.48. The van der Waals surface area contributed by atoms with Crippen LogP contribution in [0.5, 0.6) is 0 Å². The maximum absolute atomic E-state index is 12.5. The van der Waals surface area contributed by atoms with Crippen LogP contribution >= 0.6 is 0 Å². The lowest BCUT2D eigenvalue weighted by Crippen LogP contribution is -2.41. The van der Waals surface area contributed by atoms with Gasteiger partial charge in [-0.25, -0.2) is 4.98 Å². The molecular weight excluding hydrogens is 264 g/mol.